The summed E-state index contributed by atoms with van der Waals surface area (Å²) < 4.78 is 2.09. The van der Waals surface area contributed by atoms with Gasteiger partial charge in [-0.15, -0.1) is 0 Å². The van der Waals surface area contributed by atoms with Gasteiger partial charge < -0.3 is 9.88 Å². The van der Waals surface area contributed by atoms with Gasteiger partial charge in [0.05, 0.1) is 17.4 Å². The van der Waals surface area contributed by atoms with E-state index >= 15 is 0 Å². The maximum Gasteiger partial charge on any atom is 0.0835 e. The molecule has 2 heterocycles. The molecule has 0 aliphatic heterocycles. The van der Waals surface area contributed by atoms with Crippen LogP contribution in [-0.2, 0) is 0 Å². The number of aryl methyl sites for hydroxylation is 1. The smallest absolute Gasteiger partial charge is 0.0835 e. The predicted molar refractivity (Wildman–Crippen MR) is 84.6 cm³/mol. The number of nitrogens with zero attached hydrogens (tertiary/aromatic N) is 3. The van der Waals surface area contributed by atoms with E-state index in [0.717, 1.165) is 22.8 Å². The van der Waals surface area contributed by atoms with E-state index < -0.39 is 0 Å². The van der Waals surface area contributed by atoms with Gasteiger partial charge in [-0.25, -0.2) is 0 Å². The van der Waals surface area contributed by atoms with Crippen LogP contribution in [0.4, 0.5) is 5.69 Å². The molecule has 0 aliphatic rings. The van der Waals surface area contributed by atoms with Gasteiger partial charge in [0.2, 0.25) is 0 Å². The van der Waals surface area contributed by atoms with Gasteiger partial charge in [0.15, 0.2) is 0 Å². The summed E-state index contributed by atoms with van der Waals surface area (Å²) in [5.74, 6) is 0. The number of aromatic nitrogens is 3. The summed E-state index contributed by atoms with van der Waals surface area (Å²) in [6.07, 6.45) is 7.53. The lowest BCUT2D eigenvalue weighted by atomic mass is 10.1. The van der Waals surface area contributed by atoms with Crippen LogP contribution >= 0.6 is 0 Å². The molecule has 3 aromatic rings. The Morgan fingerprint density at radius 3 is 2.57 bits per heavy atom. The zero-order valence-corrected chi connectivity index (χ0v) is 12.2. The van der Waals surface area contributed by atoms with Crippen LogP contribution in [0, 0.1) is 6.92 Å². The Morgan fingerprint density at radius 1 is 1.05 bits per heavy atom. The van der Waals surface area contributed by atoms with Crippen molar-refractivity contribution in [3.05, 3.63) is 72.6 Å². The van der Waals surface area contributed by atoms with Crippen molar-refractivity contribution < 1.29 is 0 Å². The fraction of sp³-hybridized carbons (Fsp3) is 0.176. The largest absolute Gasteiger partial charge is 0.377 e. The number of benzene rings is 1. The third kappa shape index (κ3) is 2.94. The molecule has 4 nitrogen and oxygen atoms in total. The average molecular weight is 278 g/mol. The third-order valence-electron chi connectivity index (χ3n) is 3.46. The van der Waals surface area contributed by atoms with E-state index in [1.54, 1.807) is 12.4 Å². The molecule has 4 heteroatoms. The van der Waals surface area contributed by atoms with Crippen LogP contribution in [0.5, 0.6) is 0 Å². The van der Waals surface area contributed by atoms with Gasteiger partial charge in [-0.1, -0.05) is 6.07 Å². The predicted octanol–water partition coefficient (Wildman–Crippen LogP) is 3.75. The lowest BCUT2D eigenvalue weighted by Crippen LogP contribution is -2.11. The highest BCUT2D eigenvalue weighted by Crippen LogP contribution is 2.21. The molecule has 0 amide bonds. The van der Waals surface area contributed by atoms with Crippen LogP contribution in [0.2, 0.25) is 0 Å². The molecule has 0 spiro atoms. The summed E-state index contributed by atoms with van der Waals surface area (Å²) in [6.45, 7) is 4.08. The highest BCUT2D eigenvalue weighted by atomic mass is 15.0. The zero-order valence-electron chi connectivity index (χ0n) is 12.2. The Morgan fingerprint density at radius 2 is 1.81 bits per heavy atom. The first-order valence-electron chi connectivity index (χ1n) is 7.01. The van der Waals surface area contributed by atoms with Crippen molar-refractivity contribution >= 4 is 5.69 Å². The van der Waals surface area contributed by atoms with E-state index in [9.17, 15) is 0 Å². The van der Waals surface area contributed by atoms with E-state index in [-0.39, 0.29) is 6.04 Å². The first kappa shape index (κ1) is 13.4. The maximum absolute atomic E-state index is 4.42. The number of anilines is 1. The molecule has 1 unspecified atom stereocenters. The molecule has 0 radical (unpaired) electrons. The first-order valence-corrected chi connectivity index (χ1v) is 7.01. The lowest BCUT2D eigenvalue weighted by molar-refractivity contribution is 0.810. The molecule has 0 bridgehead atoms. The van der Waals surface area contributed by atoms with E-state index in [4.69, 9.17) is 0 Å². The summed E-state index contributed by atoms with van der Waals surface area (Å²) in [7, 11) is 0. The molecule has 0 saturated carbocycles. The number of nitrogens with one attached hydrogen (secondary N) is 1. The van der Waals surface area contributed by atoms with E-state index in [0.29, 0.717) is 0 Å². The normalized spacial score (nSPS) is 12.1. The van der Waals surface area contributed by atoms with Gasteiger partial charge in [-0.05, 0) is 44.2 Å². The quantitative estimate of drug-likeness (QED) is 0.790. The minimum atomic E-state index is 0.110. The molecule has 2 aromatic heterocycles. The minimum Gasteiger partial charge on any atom is -0.377 e. The van der Waals surface area contributed by atoms with E-state index in [1.165, 1.54) is 0 Å². The molecule has 0 saturated heterocycles. The van der Waals surface area contributed by atoms with Crippen LogP contribution in [0.3, 0.4) is 0 Å². The van der Waals surface area contributed by atoms with Gasteiger partial charge in [0.25, 0.3) is 0 Å². The molecule has 1 aromatic carbocycles. The monoisotopic (exact) mass is 278 g/mol. The number of rotatable bonds is 4. The van der Waals surface area contributed by atoms with Crippen LogP contribution in [0.1, 0.15) is 24.4 Å². The average Bonchev–Trinajstić information content (AvgIpc) is 3.02. The number of hydrogen-bond acceptors (Lipinski definition) is 3. The van der Waals surface area contributed by atoms with Gasteiger partial charge in [0, 0.05) is 36.2 Å². The fourth-order valence-electron chi connectivity index (χ4n) is 2.42. The Hall–Kier alpha value is -2.62. The SMILES string of the molecule is Cc1nccnc1C(C)Nc1cccc(-n2cccc2)c1. The van der Waals surface area contributed by atoms with Gasteiger partial charge in [0.1, 0.15) is 0 Å². The van der Waals surface area contributed by atoms with Crippen LogP contribution < -0.4 is 5.32 Å². The maximum atomic E-state index is 4.42. The molecule has 3 rings (SSSR count). The summed E-state index contributed by atoms with van der Waals surface area (Å²) >= 11 is 0. The highest BCUT2D eigenvalue weighted by molar-refractivity contribution is 5.52. The standard InChI is InChI=1S/C17H18N4/c1-13-17(19-9-8-18-13)14(2)20-15-6-5-7-16(12-15)21-10-3-4-11-21/h3-12,14,20H,1-2H3. The summed E-state index contributed by atoms with van der Waals surface area (Å²) in [5.41, 5.74) is 4.13. The molecule has 1 atom stereocenters. The zero-order chi connectivity index (χ0) is 14.7. The second-order valence-corrected chi connectivity index (χ2v) is 5.03. The molecule has 0 fully saturated rings. The fourth-order valence-corrected chi connectivity index (χ4v) is 2.42. The highest BCUT2D eigenvalue weighted by Gasteiger charge is 2.10. The van der Waals surface area contributed by atoms with Gasteiger partial charge in [-0.3, -0.25) is 9.97 Å². The van der Waals surface area contributed by atoms with Crippen molar-refractivity contribution in [1.82, 2.24) is 14.5 Å². The van der Waals surface area contributed by atoms with Crippen molar-refractivity contribution in [2.45, 2.75) is 19.9 Å². The number of hydrogen-bond donors (Lipinski definition) is 1. The van der Waals surface area contributed by atoms with Crippen molar-refractivity contribution in [3.63, 3.8) is 0 Å². The second kappa shape index (κ2) is 5.79. The van der Waals surface area contributed by atoms with Crippen LogP contribution in [0.25, 0.3) is 5.69 Å². The minimum absolute atomic E-state index is 0.110. The van der Waals surface area contributed by atoms with Crippen molar-refractivity contribution in [2.75, 3.05) is 5.32 Å². The van der Waals surface area contributed by atoms with Gasteiger partial charge >= 0.3 is 0 Å². The topological polar surface area (TPSA) is 42.7 Å². The molecule has 0 aliphatic carbocycles. The van der Waals surface area contributed by atoms with Gasteiger partial charge in [-0.2, -0.15) is 0 Å². The molecular formula is C17H18N4. The first-order chi connectivity index (χ1) is 10.2. The second-order valence-electron chi connectivity index (χ2n) is 5.03. The lowest BCUT2D eigenvalue weighted by Gasteiger charge is -2.17. The Kier molecular flexibility index (Phi) is 3.69. The van der Waals surface area contributed by atoms with E-state index in [1.807, 2.05) is 37.5 Å². The molecular weight excluding hydrogens is 260 g/mol. The van der Waals surface area contributed by atoms with Crippen molar-refractivity contribution in [1.29, 1.82) is 0 Å². The summed E-state index contributed by atoms with van der Waals surface area (Å²) in [4.78, 5) is 8.71. The summed E-state index contributed by atoms with van der Waals surface area (Å²) in [5, 5.41) is 3.49. The Bertz CT molecular complexity index is 719. The van der Waals surface area contributed by atoms with E-state index in [2.05, 4.69) is 45.0 Å². The van der Waals surface area contributed by atoms with Crippen LogP contribution in [-0.4, -0.2) is 14.5 Å². The molecule has 21 heavy (non-hydrogen) atoms. The van der Waals surface area contributed by atoms with Crippen molar-refractivity contribution in [2.24, 2.45) is 0 Å². The summed E-state index contributed by atoms with van der Waals surface area (Å²) in [6, 6.07) is 12.5. The van der Waals surface area contributed by atoms with Crippen molar-refractivity contribution in [3.8, 4) is 5.69 Å². The third-order valence-corrected chi connectivity index (χ3v) is 3.46. The Labute approximate surface area is 124 Å². The Balaban J connectivity index is 1.82. The molecule has 1 N–H and O–H groups in total. The van der Waals surface area contributed by atoms with Crippen LogP contribution in [0.15, 0.2) is 61.2 Å². The molecule has 106 valence electrons.